The molecule has 1 aromatic carbocycles. The van der Waals surface area contributed by atoms with E-state index in [1.54, 1.807) is 31.2 Å². The summed E-state index contributed by atoms with van der Waals surface area (Å²) in [6.07, 6.45) is 2.48. The maximum absolute atomic E-state index is 12.3. The van der Waals surface area contributed by atoms with Gasteiger partial charge >= 0.3 is 5.97 Å². The Morgan fingerprint density at radius 3 is 2.71 bits per heavy atom. The second kappa shape index (κ2) is 8.18. The molecule has 0 saturated heterocycles. The van der Waals surface area contributed by atoms with Crippen molar-refractivity contribution < 1.29 is 19.1 Å². The van der Waals surface area contributed by atoms with E-state index in [2.05, 4.69) is 19.2 Å². The molecule has 132 valence electrons. The van der Waals surface area contributed by atoms with Crippen LogP contribution in [-0.4, -0.2) is 31.1 Å². The Bertz CT molecular complexity index is 586. The van der Waals surface area contributed by atoms with E-state index in [4.69, 9.17) is 9.47 Å². The van der Waals surface area contributed by atoms with Crippen LogP contribution in [0, 0.1) is 11.8 Å². The predicted molar refractivity (Wildman–Crippen MR) is 92.0 cm³/mol. The van der Waals surface area contributed by atoms with E-state index in [9.17, 15) is 9.59 Å². The summed E-state index contributed by atoms with van der Waals surface area (Å²) >= 11 is 0. The summed E-state index contributed by atoms with van der Waals surface area (Å²) in [4.78, 5) is 24.5. The molecule has 5 nitrogen and oxygen atoms in total. The van der Waals surface area contributed by atoms with Gasteiger partial charge in [-0.1, -0.05) is 32.8 Å². The zero-order chi connectivity index (χ0) is 17.7. The summed E-state index contributed by atoms with van der Waals surface area (Å²) in [5.74, 6) is 0.841. The molecule has 24 heavy (non-hydrogen) atoms. The van der Waals surface area contributed by atoms with Crippen molar-refractivity contribution in [2.45, 2.75) is 52.2 Å². The summed E-state index contributed by atoms with van der Waals surface area (Å²) < 4.78 is 10.4. The van der Waals surface area contributed by atoms with Gasteiger partial charge in [-0.25, -0.2) is 4.79 Å². The van der Waals surface area contributed by atoms with E-state index in [0.717, 1.165) is 12.8 Å². The van der Waals surface area contributed by atoms with Crippen molar-refractivity contribution in [3.63, 3.8) is 0 Å². The molecule has 0 unspecified atom stereocenters. The van der Waals surface area contributed by atoms with Gasteiger partial charge in [0.05, 0.1) is 12.7 Å². The van der Waals surface area contributed by atoms with E-state index >= 15 is 0 Å². The van der Waals surface area contributed by atoms with Gasteiger partial charge in [0.2, 0.25) is 0 Å². The van der Waals surface area contributed by atoms with Crippen LogP contribution in [-0.2, 0) is 9.53 Å². The Balaban J connectivity index is 1.92. The molecule has 0 aliphatic heterocycles. The highest BCUT2D eigenvalue weighted by Crippen LogP contribution is 2.29. The summed E-state index contributed by atoms with van der Waals surface area (Å²) in [5, 5.41) is 3.04. The lowest BCUT2D eigenvalue weighted by Gasteiger charge is -2.35. The van der Waals surface area contributed by atoms with Crippen molar-refractivity contribution in [3.05, 3.63) is 29.8 Å². The molecule has 0 aromatic heterocycles. The number of ether oxygens (including phenoxy) is 2. The van der Waals surface area contributed by atoms with Crippen LogP contribution in [0.1, 0.15) is 50.4 Å². The van der Waals surface area contributed by atoms with Crippen LogP contribution >= 0.6 is 0 Å². The van der Waals surface area contributed by atoms with Gasteiger partial charge in [-0.05, 0) is 43.4 Å². The topological polar surface area (TPSA) is 64.6 Å². The quantitative estimate of drug-likeness (QED) is 0.841. The van der Waals surface area contributed by atoms with Crippen molar-refractivity contribution in [2.24, 2.45) is 11.8 Å². The van der Waals surface area contributed by atoms with Gasteiger partial charge in [-0.2, -0.15) is 0 Å². The third-order valence-electron chi connectivity index (χ3n) is 4.99. The first-order valence-corrected chi connectivity index (χ1v) is 8.57. The monoisotopic (exact) mass is 333 g/mol. The minimum atomic E-state index is -0.826. The Kier molecular flexibility index (Phi) is 6.23. The van der Waals surface area contributed by atoms with E-state index in [1.165, 1.54) is 13.5 Å². The number of hydrogen-bond donors (Lipinski definition) is 1. The average molecular weight is 333 g/mol. The number of amides is 1. The molecule has 4 atom stereocenters. The normalized spacial score (nSPS) is 24.8. The molecule has 1 aromatic rings. The molecule has 5 heteroatoms. The van der Waals surface area contributed by atoms with Crippen molar-refractivity contribution in [3.8, 4) is 5.75 Å². The molecule has 1 aliphatic carbocycles. The SMILES string of the molecule is COc1cccc(C(=O)O[C@H](C)C(=O)N[C@@H]2CCC[C@@H](C)[C@H]2C)c1. The molecule has 1 aliphatic rings. The fraction of sp³-hybridized carbons (Fsp3) is 0.579. The molecular weight excluding hydrogens is 306 g/mol. The second-order valence-corrected chi connectivity index (χ2v) is 6.66. The van der Waals surface area contributed by atoms with E-state index in [-0.39, 0.29) is 11.9 Å². The zero-order valence-electron chi connectivity index (χ0n) is 14.9. The Morgan fingerprint density at radius 2 is 2.00 bits per heavy atom. The maximum Gasteiger partial charge on any atom is 0.339 e. The molecule has 0 spiro atoms. The summed E-state index contributed by atoms with van der Waals surface area (Å²) in [5.41, 5.74) is 0.369. The summed E-state index contributed by atoms with van der Waals surface area (Å²) in [6.45, 7) is 5.99. The van der Waals surface area contributed by atoms with E-state index in [1.807, 2.05) is 0 Å². The van der Waals surface area contributed by atoms with Crippen LogP contribution < -0.4 is 10.1 Å². The Labute approximate surface area is 143 Å². The smallest absolute Gasteiger partial charge is 0.339 e. The Morgan fingerprint density at radius 1 is 1.25 bits per heavy atom. The standard InChI is InChI=1S/C19H27NO4/c1-12-7-5-10-17(13(12)2)20-18(21)14(3)24-19(22)15-8-6-9-16(11-15)23-4/h6,8-9,11-14,17H,5,7,10H2,1-4H3,(H,20,21)/t12-,13-,14-,17-/m1/s1. The highest BCUT2D eigenvalue weighted by atomic mass is 16.5. The maximum atomic E-state index is 12.3. The molecule has 1 N–H and O–H groups in total. The predicted octanol–water partition coefficient (Wildman–Crippen LogP) is 3.18. The van der Waals surface area contributed by atoms with Crippen molar-refractivity contribution in [1.82, 2.24) is 5.32 Å². The van der Waals surface area contributed by atoms with E-state index in [0.29, 0.717) is 23.1 Å². The molecule has 1 saturated carbocycles. The third kappa shape index (κ3) is 4.49. The summed E-state index contributed by atoms with van der Waals surface area (Å²) in [6, 6.07) is 6.85. The number of benzene rings is 1. The lowest BCUT2D eigenvalue weighted by Crippen LogP contribution is -2.47. The number of hydrogen-bond acceptors (Lipinski definition) is 4. The number of esters is 1. The first kappa shape index (κ1) is 18.3. The lowest BCUT2D eigenvalue weighted by atomic mass is 9.78. The third-order valence-corrected chi connectivity index (χ3v) is 4.99. The molecule has 0 bridgehead atoms. The fourth-order valence-electron chi connectivity index (χ4n) is 3.12. The first-order valence-electron chi connectivity index (χ1n) is 8.57. The molecule has 1 amide bonds. The Hall–Kier alpha value is -2.04. The highest BCUT2D eigenvalue weighted by molar-refractivity contribution is 5.92. The number of nitrogens with one attached hydrogen (secondary N) is 1. The van der Waals surface area contributed by atoms with Crippen LogP contribution in [0.15, 0.2) is 24.3 Å². The number of methoxy groups -OCH3 is 1. The molecule has 0 heterocycles. The molecule has 2 rings (SSSR count). The minimum absolute atomic E-state index is 0.152. The largest absolute Gasteiger partial charge is 0.497 e. The van der Waals surface area contributed by atoms with Gasteiger partial charge < -0.3 is 14.8 Å². The van der Waals surface area contributed by atoms with Gasteiger partial charge in [-0.15, -0.1) is 0 Å². The van der Waals surface area contributed by atoms with Gasteiger partial charge in [0, 0.05) is 6.04 Å². The van der Waals surface area contributed by atoms with E-state index < -0.39 is 12.1 Å². The molecule has 0 radical (unpaired) electrons. The minimum Gasteiger partial charge on any atom is -0.497 e. The van der Waals surface area contributed by atoms with Crippen molar-refractivity contribution >= 4 is 11.9 Å². The number of carbonyl (C=O) groups excluding carboxylic acids is 2. The van der Waals surface area contributed by atoms with Crippen LogP contribution in [0.3, 0.4) is 0 Å². The number of rotatable bonds is 5. The van der Waals surface area contributed by atoms with Gasteiger partial charge in [0.15, 0.2) is 6.10 Å². The molecule has 1 fully saturated rings. The highest BCUT2D eigenvalue weighted by Gasteiger charge is 2.30. The second-order valence-electron chi connectivity index (χ2n) is 6.66. The van der Waals surface area contributed by atoms with Crippen molar-refractivity contribution in [2.75, 3.05) is 7.11 Å². The fourth-order valence-corrected chi connectivity index (χ4v) is 3.12. The molecular formula is C19H27NO4. The first-order chi connectivity index (χ1) is 11.4. The number of carbonyl (C=O) groups is 2. The summed E-state index contributed by atoms with van der Waals surface area (Å²) in [7, 11) is 1.53. The van der Waals surface area contributed by atoms with Gasteiger partial charge in [-0.3, -0.25) is 4.79 Å². The zero-order valence-corrected chi connectivity index (χ0v) is 14.9. The lowest BCUT2D eigenvalue weighted by molar-refractivity contribution is -0.130. The van der Waals surface area contributed by atoms with Crippen LogP contribution in [0.2, 0.25) is 0 Å². The van der Waals surface area contributed by atoms with Crippen LogP contribution in [0.25, 0.3) is 0 Å². The van der Waals surface area contributed by atoms with Crippen molar-refractivity contribution in [1.29, 1.82) is 0 Å². The van der Waals surface area contributed by atoms with Gasteiger partial charge in [0.25, 0.3) is 5.91 Å². The van der Waals surface area contributed by atoms with Gasteiger partial charge in [0.1, 0.15) is 5.75 Å². The van der Waals surface area contributed by atoms with Crippen LogP contribution in [0.5, 0.6) is 5.75 Å². The van der Waals surface area contributed by atoms with Crippen LogP contribution in [0.4, 0.5) is 0 Å². The average Bonchev–Trinajstić information content (AvgIpc) is 2.58.